The summed E-state index contributed by atoms with van der Waals surface area (Å²) in [5.74, 6) is -0.222. The summed E-state index contributed by atoms with van der Waals surface area (Å²) in [6, 6.07) is 6.60. The second-order valence-corrected chi connectivity index (χ2v) is 3.41. The van der Waals surface area contributed by atoms with Crippen molar-refractivity contribution in [1.82, 2.24) is 5.32 Å². The monoisotopic (exact) mass is 181 g/mol. The maximum Gasteiger partial charge on any atom is 0.123 e. The van der Waals surface area contributed by atoms with Crippen LogP contribution in [0.4, 0.5) is 4.39 Å². The van der Waals surface area contributed by atoms with Crippen LogP contribution in [-0.2, 0) is 0 Å². The molecule has 1 aromatic carbocycles. The average Bonchev–Trinajstić information content (AvgIpc) is 2.52. The van der Waals surface area contributed by atoms with Gasteiger partial charge in [0.25, 0.3) is 0 Å². The molecule has 3 heteroatoms. The van der Waals surface area contributed by atoms with Crippen molar-refractivity contribution >= 4 is 0 Å². The van der Waals surface area contributed by atoms with E-state index in [9.17, 15) is 9.50 Å². The van der Waals surface area contributed by atoms with Crippen LogP contribution in [0.2, 0.25) is 0 Å². The van der Waals surface area contributed by atoms with Crippen molar-refractivity contribution in [1.29, 1.82) is 0 Å². The van der Waals surface area contributed by atoms with E-state index in [1.54, 1.807) is 6.07 Å². The van der Waals surface area contributed by atoms with Gasteiger partial charge in [-0.05, 0) is 24.1 Å². The third-order valence-electron chi connectivity index (χ3n) is 2.36. The minimum atomic E-state index is -0.298. The maximum absolute atomic E-state index is 12.8. The summed E-state index contributed by atoms with van der Waals surface area (Å²) in [5, 5.41) is 12.4. The summed E-state index contributed by atoms with van der Waals surface area (Å²) in [4.78, 5) is 0. The topological polar surface area (TPSA) is 32.3 Å². The minimum Gasteiger partial charge on any atom is -0.392 e. The highest BCUT2D eigenvalue weighted by Gasteiger charge is 2.23. The molecule has 0 aromatic heterocycles. The quantitative estimate of drug-likeness (QED) is 0.682. The van der Waals surface area contributed by atoms with Gasteiger partial charge in [0, 0.05) is 12.6 Å². The van der Waals surface area contributed by atoms with Gasteiger partial charge in [0.2, 0.25) is 0 Å². The first-order valence-corrected chi connectivity index (χ1v) is 4.42. The molecule has 13 heavy (non-hydrogen) atoms. The van der Waals surface area contributed by atoms with Gasteiger partial charge in [-0.25, -0.2) is 4.39 Å². The molecule has 0 bridgehead atoms. The Morgan fingerprint density at radius 2 is 2.31 bits per heavy atom. The molecule has 2 atom stereocenters. The second-order valence-electron chi connectivity index (χ2n) is 3.41. The van der Waals surface area contributed by atoms with E-state index in [-0.39, 0.29) is 18.0 Å². The van der Waals surface area contributed by atoms with Crippen molar-refractivity contribution < 1.29 is 9.50 Å². The number of aliphatic hydroxyl groups is 1. The van der Waals surface area contributed by atoms with E-state index in [1.165, 1.54) is 12.1 Å². The molecule has 1 aliphatic rings. The second kappa shape index (κ2) is 3.44. The molecule has 70 valence electrons. The number of aliphatic hydroxyl groups excluding tert-OH is 1. The Hall–Kier alpha value is -0.930. The molecule has 2 N–H and O–H groups in total. The summed E-state index contributed by atoms with van der Waals surface area (Å²) < 4.78 is 12.8. The van der Waals surface area contributed by atoms with Gasteiger partial charge in [-0.1, -0.05) is 12.1 Å². The average molecular weight is 181 g/mol. The molecule has 1 fully saturated rings. The van der Waals surface area contributed by atoms with Crippen molar-refractivity contribution in [3.63, 3.8) is 0 Å². The van der Waals surface area contributed by atoms with Crippen LogP contribution in [0.1, 0.15) is 18.0 Å². The third kappa shape index (κ3) is 1.87. The maximum atomic E-state index is 12.8. The lowest BCUT2D eigenvalue weighted by molar-refractivity contribution is 0.193. The molecule has 1 aliphatic heterocycles. The van der Waals surface area contributed by atoms with Crippen LogP contribution in [0.25, 0.3) is 0 Å². The predicted molar refractivity (Wildman–Crippen MR) is 47.8 cm³/mol. The number of rotatable bonds is 1. The van der Waals surface area contributed by atoms with Gasteiger partial charge >= 0.3 is 0 Å². The molecule has 0 radical (unpaired) electrons. The molecule has 1 aromatic rings. The van der Waals surface area contributed by atoms with Crippen LogP contribution in [0.3, 0.4) is 0 Å². The highest BCUT2D eigenvalue weighted by molar-refractivity contribution is 5.21. The fourth-order valence-electron chi connectivity index (χ4n) is 1.69. The van der Waals surface area contributed by atoms with Crippen LogP contribution >= 0.6 is 0 Å². The Morgan fingerprint density at radius 1 is 1.46 bits per heavy atom. The minimum absolute atomic E-state index is 0.102. The summed E-state index contributed by atoms with van der Waals surface area (Å²) in [6.45, 7) is 0.598. The first kappa shape index (κ1) is 8.66. The Balaban J connectivity index is 2.16. The summed E-state index contributed by atoms with van der Waals surface area (Å²) in [5.41, 5.74) is 0.913. The van der Waals surface area contributed by atoms with E-state index in [4.69, 9.17) is 0 Å². The molecule has 0 aliphatic carbocycles. The molecule has 0 spiro atoms. The first-order chi connectivity index (χ1) is 6.25. The molecule has 1 saturated heterocycles. The van der Waals surface area contributed by atoms with E-state index in [1.807, 2.05) is 6.07 Å². The molecule has 2 nitrogen and oxygen atoms in total. The lowest BCUT2D eigenvalue weighted by Gasteiger charge is -2.09. The molecule has 2 rings (SSSR count). The van der Waals surface area contributed by atoms with E-state index in [0.717, 1.165) is 5.56 Å². The van der Waals surface area contributed by atoms with Gasteiger partial charge in [-0.15, -0.1) is 0 Å². The van der Waals surface area contributed by atoms with Crippen LogP contribution in [0.15, 0.2) is 24.3 Å². The van der Waals surface area contributed by atoms with Crippen LogP contribution in [0, 0.1) is 5.82 Å². The fourth-order valence-corrected chi connectivity index (χ4v) is 1.69. The third-order valence-corrected chi connectivity index (χ3v) is 2.36. The zero-order valence-electron chi connectivity index (χ0n) is 7.20. The molecule has 1 heterocycles. The highest BCUT2D eigenvalue weighted by Crippen LogP contribution is 2.23. The molecule has 0 unspecified atom stereocenters. The Bertz CT molecular complexity index is 303. The number of β-amino-alcohol motifs (C(OH)–C–C–N with tert-alkyl or cyclic N) is 1. The molecule has 0 amide bonds. The lowest BCUT2D eigenvalue weighted by Crippen LogP contribution is -2.14. The number of hydrogen-bond donors (Lipinski definition) is 2. The lowest BCUT2D eigenvalue weighted by atomic mass is 10.0. The van der Waals surface area contributed by atoms with E-state index in [0.29, 0.717) is 13.0 Å². The van der Waals surface area contributed by atoms with Gasteiger partial charge in [0.1, 0.15) is 5.82 Å². The van der Waals surface area contributed by atoms with Crippen molar-refractivity contribution in [3.05, 3.63) is 35.6 Å². The summed E-state index contributed by atoms with van der Waals surface area (Å²) in [7, 11) is 0. The van der Waals surface area contributed by atoms with E-state index in [2.05, 4.69) is 5.32 Å². The van der Waals surface area contributed by atoms with Gasteiger partial charge < -0.3 is 10.4 Å². The van der Waals surface area contributed by atoms with Crippen molar-refractivity contribution in [2.75, 3.05) is 6.54 Å². The SMILES string of the molecule is O[C@H]1CN[C@@H](c2cccc(F)c2)C1. The largest absolute Gasteiger partial charge is 0.392 e. The van der Waals surface area contributed by atoms with Crippen molar-refractivity contribution in [2.45, 2.75) is 18.6 Å². The Labute approximate surface area is 76.4 Å². The smallest absolute Gasteiger partial charge is 0.123 e. The zero-order chi connectivity index (χ0) is 9.26. The molecule has 0 saturated carbocycles. The normalized spacial score (nSPS) is 27.8. The van der Waals surface area contributed by atoms with E-state index >= 15 is 0 Å². The standard InChI is InChI=1S/C10H12FNO/c11-8-3-1-2-7(4-8)10-5-9(13)6-12-10/h1-4,9-10,12-13H,5-6H2/t9-,10-/m1/s1. The van der Waals surface area contributed by atoms with Gasteiger partial charge in [0.05, 0.1) is 6.10 Å². The number of hydrogen-bond acceptors (Lipinski definition) is 2. The number of halogens is 1. The van der Waals surface area contributed by atoms with Crippen LogP contribution in [-0.4, -0.2) is 17.8 Å². The summed E-state index contributed by atoms with van der Waals surface area (Å²) >= 11 is 0. The Kier molecular flexibility index (Phi) is 2.29. The Morgan fingerprint density at radius 3 is 2.92 bits per heavy atom. The van der Waals surface area contributed by atoms with Gasteiger partial charge in [-0.3, -0.25) is 0 Å². The first-order valence-electron chi connectivity index (χ1n) is 4.42. The van der Waals surface area contributed by atoms with Gasteiger partial charge in [0.15, 0.2) is 0 Å². The van der Waals surface area contributed by atoms with Crippen LogP contribution < -0.4 is 5.32 Å². The van der Waals surface area contributed by atoms with Crippen LogP contribution in [0.5, 0.6) is 0 Å². The van der Waals surface area contributed by atoms with Crippen molar-refractivity contribution in [2.24, 2.45) is 0 Å². The number of nitrogens with one attached hydrogen (secondary N) is 1. The summed E-state index contributed by atoms with van der Waals surface area (Å²) in [6.07, 6.45) is 0.372. The van der Waals surface area contributed by atoms with Gasteiger partial charge in [-0.2, -0.15) is 0 Å². The molecular formula is C10H12FNO. The van der Waals surface area contributed by atoms with E-state index < -0.39 is 0 Å². The molecular weight excluding hydrogens is 169 g/mol. The predicted octanol–water partition coefficient (Wildman–Crippen LogP) is 1.22. The highest BCUT2D eigenvalue weighted by atomic mass is 19.1. The van der Waals surface area contributed by atoms with Crippen molar-refractivity contribution in [3.8, 4) is 0 Å². The number of benzene rings is 1. The fraction of sp³-hybridized carbons (Fsp3) is 0.400. The zero-order valence-corrected chi connectivity index (χ0v) is 7.20.